The highest BCUT2D eigenvalue weighted by molar-refractivity contribution is 6.22. The molecule has 0 radical (unpaired) electrons. The van der Waals surface area contributed by atoms with Crippen LogP contribution in [0.3, 0.4) is 0 Å². The van der Waals surface area contributed by atoms with Crippen molar-refractivity contribution >= 4 is 29.4 Å². The molecule has 11 heteroatoms. The summed E-state index contributed by atoms with van der Waals surface area (Å²) >= 11 is 0. The van der Waals surface area contributed by atoms with Gasteiger partial charge in [0.2, 0.25) is 0 Å². The zero-order valence-electron chi connectivity index (χ0n) is 17.7. The Kier molecular flexibility index (Phi) is 6.38. The van der Waals surface area contributed by atoms with Gasteiger partial charge in [0.05, 0.1) is 40.6 Å². The van der Waals surface area contributed by atoms with E-state index in [0.717, 1.165) is 29.9 Å². The summed E-state index contributed by atoms with van der Waals surface area (Å²) in [6.07, 6.45) is -3.32. The molecule has 0 unspecified atom stereocenters. The highest BCUT2D eigenvalue weighted by Crippen LogP contribution is 2.34. The van der Waals surface area contributed by atoms with Crippen LogP contribution < -0.4 is 5.32 Å². The third-order valence-electron chi connectivity index (χ3n) is 5.46. The topological polar surface area (TPSA) is 102 Å². The molecule has 1 fully saturated rings. The van der Waals surface area contributed by atoms with Gasteiger partial charge in [0.25, 0.3) is 17.7 Å². The summed E-state index contributed by atoms with van der Waals surface area (Å²) in [7, 11) is 0. The van der Waals surface area contributed by atoms with Crippen molar-refractivity contribution in [3.05, 3.63) is 64.7 Å². The molecular weight excluding hydrogens is 457 g/mol. The van der Waals surface area contributed by atoms with Crippen molar-refractivity contribution in [2.45, 2.75) is 25.1 Å². The summed E-state index contributed by atoms with van der Waals surface area (Å²) in [5, 5.41) is 2.07. The number of anilines is 1. The van der Waals surface area contributed by atoms with Gasteiger partial charge in [0, 0.05) is 6.61 Å². The van der Waals surface area contributed by atoms with Crippen LogP contribution >= 0.6 is 0 Å². The number of alkyl halides is 3. The zero-order valence-corrected chi connectivity index (χ0v) is 17.7. The molecule has 0 bridgehead atoms. The first-order chi connectivity index (χ1) is 16.1. The standard InChI is InChI=1S/C23H19F3N2O6/c24-23(25,26)17-5-1-2-6-18(17)27-19(29)12-34-22(32)13-7-8-15-16(10-13)21(31)28(20(15)30)11-14-4-3-9-33-14/h1-2,5-8,10,14H,3-4,9,11-12H2,(H,27,29)/t14-/m0/s1. The Bertz CT molecular complexity index is 1160. The number of nitrogens with zero attached hydrogens (tertiary/aromatic N) is 1. The summed E-state index contributed by atoms with van der Waals surface area (Å²) in [5.41, 5.74) is -1.42. The van der Waals surface area contributed by atoms with Crippen molar-refractivity contribution in [2.24, 2.45) is 0 Å². The molecule has 34 heavy (non-hydrogen) atoms. The fraction of sp³-hybridized carbons (Fsp3) is 0.304. The molecule has 2 aliphatic rings. The van der Waals surface area contributed by atoms with Crippen LogP contribution in [0.15, 0.2) is 42.5 Å². The quantitative estimate of drug-likeness (QED) is 0.507. The zero-order chi connectivity index (χ0) is 24.5. The van der Waals surface area contributed by atoms with Gasteiger partial charge >= 0.3 is 12.1 Å². The van der Waals surface area contributed by atoms with E-state index >= 15 is 0 Å². The summed E-state index contributed by atoms with van der Waals surface area (Å²) in [6.45, 7) is -0.162. The predicted octanol–water partition coefficient (Wildman–Crippen LogP) is 3.28. The largest absolute Gasteiger partial charge is 0.452 e. The van der Waals surface area contributed by atoms with E-state index in [4.69, 9.17) is 9.47 Å². The fourth-order valence-corrected chi connectivity index (χ4v) is 3.82. The molecule has 0 saturated carbocycles. The second-order valence-corrected chi connectivity index (χ2v) is 7.78. The average Bonchev–Trinajstić information content (AvgIpc) is 3.40. The van der Waals surface area contributed by atoms with Gasteiger partial charge in [-0.15, -0.1) is 0 Å². The van der Waals surface area contributed by atoms with E-state index in [2.05, 4.69) is 5.32 Å². The van der Waals surface area contributed by atoms with E-state index in [1.54, 1.807) is 0 Å². The van der Waals surface area contributed by atoms with Crippen LogP contribution in [-0.4, -0.2) is 54.5 Å². The van der Waals surface area contributed by atoms with Gasteiger partial charge in [-0.25, -0.2) is 4.79 Å². The number of hydrogen-bond donors (Lipinski definition) is 1. The van der Waals surface area contributed by atoms with Gasteiger partial charge in [-0.2, -0.15) is 13.2 Å². The Morgan fingerprint density at radius 2 is 1.82 bits per heavy atom. The lowest BCUT2D eigenvalue weighted by molar-refractivity contribution is -0.137. The first-order valence-corrected chi connectivity index (χ1v) is 10.4. The Labute approximate surface area is 191 Å². The number of para-hydroxylation sites is 1. The van der Waals surface area contributed by atoms with Crippen LogP contribution in [0.1, 0.15) is 49.5 Å². The number of nitrogens with one attached hydrogen (secondary N) is 1. The minimum absolute atomic E-state index is 0.0287. The van der Waals surface area contributed by atoms with E-state index in [9.17, 15) is 32.3 Å². The monoisotopic (exact) mass is 476 g/mol. The molecule has 1 saturated heterocycles. The maximum atomic E-state index is 13.0. The molecule has 8 nitrogen and oxygen atoms in total. The number of carbonyl (C=O) groups is 4. The second-order valence-electron chi connectivity index (χ2n) is 7.78. The van der Waals surface area contributed by atoms with Crippen molar-refractivity contribution in [2.75, 3.05) is 25.1 Å². The van der Waals surface area contributed by atoms with Crippen molar-refractivity contribution < 1.29 is 41.8 Å². The normalized spacial score (nSPS) is 17.6. The molecule has 2 aromatic carbocycles. The Morgan fingerprint density at radius 1 is 1.09 bits per heavy atom. The molecule has 4 rings (SSSR count). The molecule has 0 spiro atoms. The number of carbonyl (C=O) groups excluding carboxylic acids is 4. The number of fused-ring (bicyclic) bond motifs is 1. The summed E-state index contributed by atoms with van der Waals surface area (Å²) in [6, 6.07) is 8.19. The summed E-state index contributed by atoms with van der Waals surface area (Å²) in [4.78, 5) is 50.7. The van der Waals surface area contributed by atoms with E-state index in [-0.39, 0.29) is 29.3 Å². The van der Waals surface area contributed by atoms with Crippen molar-refractivity contribution in [3.8, 4) is 0 Å². The number of benzene rings is 2. The minimum atomic E-state index is -4.67. The van der Waals surface area contributed by atoms with E-state index < -0.39 is 47.7 Å². The molecule has 178 valence electrons. The maximum Gasteiger partial charge on any atom is 0.418 e. The van der Waals surface area contributed by atoms with E-state index in [1.165, 1.54) is 30.3 Å². The molecule has 1 N–H and O–H groups in total. The van der Waals surface area contributed by atoms with E-state index in [1.807, 2.05) is 0 Å². The lowest BCUT2D eigenvalue weighted by Gasteiger charge is -2.17. The molecular formula is C23H19F3N2O6. The Hall–Kier alpha value is -3.73. The van der Waals surface area contributed by atoms with Crippen LogP contribution in [-0.2, 0) is 20.4 Å². The molecule has 0 aromatic heterocycles. The highest BCUT2D eigenvalue weighted by atomic mass is 19.4. The van der Waals surface area contributed by atoms with Crippen molar-refractivity contribution in [1.29, 1.82) is 0 Å². The van der Waals surface area contributed by atoms with Gasteiger partial charge in [0.15, 0.2) is 6.61 Å². The molecule has 1 atom stereocenters. The first-order valence-electron chi connectivity index (χ1n) is 10.4. The second kappa shape index (κ2) is 9.26. The van der Waals surface area contributed by atoms with E-state index in [0.29, 0.717) is 6.61 Å². The van der Waals surface area contributed by atoms with Crippen molar-refractivity contribution in [3.63, 3.8) is 0 Å². The van der Waals surface area contributed by atoms with Gasteiger partial charge in [-0.1, -0.05) is 12.1 Å². The number of amides is 3. The Morgan fingerprint density at radius 3 is 2.53 bits per heavy atom. The SMILES string of the molecule is O=C(COC(=O)c1ccc2c(c1)C(=O)N(C[C@@H]1CCCO1)C2=O)Nc1ccccc1C(F)(F)F. The molecule has 2 aromatic rings. The smallest absolute Gasteiger partial charge is 0.418 e. The third kappa shape index (κ3) is 4.79. The summed E-state index contributed by atoms with van der Waals surface area (Å²) in [5.74, 6) is -3.00. The number of ether oxygens (including phenoxy) is 2. The van der Waals surface area contributed by atoms with Crippen molar-refractivity contribution in [1.82, 2.24) is 4.90 Å². The molecule has 0 aliphatic carbocycles. The van der Waals surface area contributed by atoms with Crippen LogP contribution in [0.4, 0.5) is 18.9 Å². The third-order valence-corrected chi connectivity index (χ3v) is 5.46. The number of rotatable bonds is 6. The average molecular weight is 476 g/mol. The van der Waals surface area contributed by atoms with Crippen LogP contribution in [0, 0.1) is 0 Å². The Balaban J connectivity index is 1.39. The highest BCUT2D eigenvalue weighted by Gasteiger charge is 2.38. The van der Waals surface area contributed by atoms with Gasteiger partial charge in [-0.3, -0.25) is 19.3 Å². The maximum absolute atomic E-state index is 13.0. The molecule has 2 aliphatic heterocycles. The molecule has 3 amide bonds. The lowest BCUT2D eigenvalue weighted by atomic mass is 10.1. The van der Waals surface area contributed by atoms with Crippen LogP contribution in [0.25, 0.3) is 0 Å². The minimum Gasteiger partial charge on any atom is -0.452 e. The van der Waals surface area contributed by atoms with Gasteiger partial charge in [-0.05, 0) is 43.2 Å². The van der Waals surface area contributed by atoms with Gasteiger partial charge in [0.1, 0.15) is 0 Å². The number of halogens is 3. The fourth-order valence-electron chi connectivity index (χ4n) is 3.82. The number of hydrogen-bond acceptors (Lipinski definition) is 6. The first kappa shape index (κ1) is 23.4. The van der Waals surface area contributed by atoms with Crippen LogP contribution in [0.5, 0.6) is 0 Å². The molecule has 2 heterocycles. The number of esters is 1. The predicted molar refractivity (Wildman–Crippen MR) is 111 cm³/mol. The lowest BCUT2D eigenvalue weighted by Crippen LogP contribution is -2.36. The van der Waals surface area contributed by atoms with Gasteiger partial charge < -0.3 is 14.8 Å². The van der Waals surface area contributed by atoms with Crippen LogP contribution in [0.2, 0.25) is 0 Å². The number of imide groups is 1. The summed E-state index contributed by atoms with van der Waals surface area (Å²) < 4.78 is 49.5.